The Balaban J connectivity index is 2.33. The maximum absolute atomic E-state index is 3.99. The molecule has 0 atom stereocenters. The first-order valence-electron chi connectivity index (χ1n) is 8.96. The predicted molar refractivity (Wildman–Crippen MR) is 116 cm³/mol. The molecule has 26 heavy (non-hydrogen) atoms. The highest BCUT2D eigenvalue weighted by Gasteiger charge is 2.13. The molecule has 0 saturated carbocycles. The maximum Gasteiger partial charge on any atom is -0.00760 e. The molecule has 0 bridgehead atoms. The Labute approximate surface area is 156 Å². The second-order valence-electron chi connectivity index (χ2n) is 6.24. The van der Waals surface area contributed by atoms with Gasteiger partial charge in [0, 0.05) is 0 Å². The molecule has 3 aromatic rings. The van der Waals surface area contributed by atoms with E-state index in [1.165, 1.54) is 33.4 Å². The van der Waals surface area contributed by atoms with Crippen molar-refractivity contribution in [3.05, 3.63) is 119 Å². The van der Waals surface area contributed by atoms with Crippen molar-refractivity contribution >= 4 is 23.3 Å². The Morgan fingerprint density at radius 3 is 1.85 bits per heavy atom. The summed E-state index contributed by atoms with van der Waals surface area (Å²) in [7, 11) is 0. The standard InChI is InChI=1S/C26H24/c1-4-13-25-21(5-2)18-12-19-24(25)20(3)26(22-14-8-6-9-15-22)23-16-10-7-11-17-23/h4-19H,2H2,1,3H3. The van der Waals surface area contributed by atoms with Crippen LogP contribution in [0.4, 0.5) is 0 Å². The summed E-state index contributed by atoms with van der Waals surface area (Å²) in [6, 6.07) is 27.6. The smallest absolute Gasteiger partial charge is 0.00760 e. The van der Waals surface area contributed by atoms with Gasteiger partial charge in [-0.05, 0) is 52.8 Å². The molecule has 128 valence electrons. The van der Waals surface area contributed by atoms with Crippen LogP contribution >= 0.6 is 0 Å². The monoisotopic (exact) mass is 336 g/mol. The lowest BCUT2D eigenvalue weighted by Crippen LogP contribution is -1.96. The highest BCUT2D eigenvalue weighted by molar-refractivity contribution is 5.99. The van der Waals surface area contributed by atoms with Crippen LogP contribution in [0.25, 0.3) is 23.3 Å². The molecule has 0 N–H and O–H groups in total. The zero-order valence-corrected chi connectivity index (χ0v) is 15.4. The molecular weight excluding hydrogens is 312 g/mol. The zero-order chi connectivity index (χ0) is 18.4. The molecule has 0 aliphatic rings. The Bertz CT molecular complexity index is 900. The molecule has 0 heteroatoms. The third-order valence-electron chi connectivity index (χ3n) is 4.60. The topological polar surface area (TPSA) is 0 Å². The van der Waals surface area contributed by atoms with Crippen molar-refractivity contribution in [3.63, 3.8) is 0 Å². The van der Waals surface area contributed by atoms with Crippen LogP contribution in [0.5, 0.6) is 0 Å². The Morgan fingerprint density at radius 2 is 1.35 bits per heavy atom. The van der Waals surface area contributed by atoms with Crippen molar-refractivity contribution in [2.75, 3.05) is 0 Å². The van der Waals surface area contributed by atoms with Gasteiger partial charge in [0.25, 0.3) is 0 Å². The van der Waals surface area contributed by atoms with Crippen molar-refractivity contribution in [1.82, 2.24) is 0 Å². The number of allylic oxidation sites excluding steroid dienone is 2. The Morgan fingerprint density at radius 1 is 0.769 bits per heavy atom. The second kappa shape index (κ2) is 8.31. The van der Waals surface area contributed by atoms with Crippen LogP contribution in [0.3, 0.4) is 0 Å². The van der Waals surface area contributed by atoms with Gasteiger partial charge in [0.1, 0.15) is 0 Å². The molecule has 0 unspecified atom stereocenters. The second-order valence-corrected chi connectivity index (χ2v) is 6.24. The summed E-state index contributed by atoms with van der Waals surface area (Å²) in [6.45, 7) is 8.25. The average molecular weight is 336 g/mol. The minimum absolute atomic E-state index is 1.15. The number of rotatable bonds is 5. The van der Waals surface area contributed by atoms with E-state index in [1.807, 2.05) is 6.08 Å². The summed E-state index contributed by atoms with van der Waals surface area (Å²) in [5.74, 6) is 0. The molecule has 0 spiro atoms. The van der Waals surface area contributed by atoms with Gasteiger partial charge in [-0.15, -0.1) is 0 Å². The summed E-state index contributed by atoms with van der Waals surface area (Å²) in [5.41, 5.74) is 8.59. The van der Waals surface area contributed by atoms with Gasteiger partial charge in [0.05, 0.1) is 0 Å². The minimum Gasteiger partial charge on any atom is -0.0984 e. The summed E-state index contributed by atoms with van der Waals surface area (Å²) < 4.78 is 0. The molecule has 0 aliphatic heterocycles. The van der Waals surface area contributed by atoms with Crippen molar-refractivity contribution < 1.29 is 0 Å². The van der Waals surface area contributed by atoms with Gasteiger partial charge in [0.15, 0.2) is 0 Å². The molecular formula is C26H24. The van der Waals surface area contributed by atoms with Crippen LogP contribution < -0.4 is 0 Å². The van der Waals surface area contributed by atoms with Gasteiger partial charge in [-0.3, -0.25) is 0 Å². The van der Waals surface area contributed by atoms with E-state index in [-0.39, 0.29) is 0 Å². The van der Waals surface area contributed by atoms with Gasteiger partial charge in [0.2, 0.25) is 0 Å². The molecule has 0 radical (unpaired) electrons. The van der Waals surface area contributed by atoms with Gasteiger partial charge < -0.3 is 0 Å². The quantitative estimate of drug-likeness (QED) is 0.427. The normalized spacial score (nSPS) is 10.7. The molecule has 3 rings (SSSR count). The molecule has 0 aromatic heterocycles. The van der Waals surface area contributed by atoms with E-state index in [4.69, 9.17) is 0 Å². The van der Waals surface area contributed by atoms with E-state index >= 15 is 0 Å². The lowest BCUT2D eigenvalue weighted by molar-refractivity contribution is 1.48. The van der Waals surface area contributed by atoms with E-state index in [9.17, 15) is 0 Å². The molecule has 0 heterocycles. The van der Waals surface area contributed by atoms with E-state index < -0.39 is 0 Å². The summed E-state index contributed by atoms with van der Waals surface area (Å²) >= 11 is 0. The third-order valence-corrected chi connectivity index (χ3v) is 4.60. The van der Waals surface area contributed by atoms with E-state index in [0.29, 0.717) is 0 Å². The van der Waals surface area contributed by atoms with Crippen molar-refractivity contribution in [2.45, 2.75) is 13.8 Å². The zero-order valence-electron chi connectivity index (χ0n) is 15.4. The first kappa shape index (κ1) is 17.7. The fourth-order valence-electron chi connectivity index (χ4n) is 3.38. The van der Waals surface area contributed by atoms with Gasteiger partial charge in [-0.2, -0.15) is 0 Å². The highest BCUT2D eigenvalue weighted by atomic mass is 14.2. The van der Waals surface area contributed by atoms with Gasteiger partial charge >= 0.3 is 0 Å². The fourth-order valence-corrected chi connectivity index (χ4v) is 3.38. The van der Waals surface area contributed by atoms with Crippen molar-refractivity contribution in [1.29, 1.82) is 0 Å². The van der Waals surface area contributed by atoms with Crippen molar-refractivity contribution in [3.8, 4) is 0 Å². The third kappa shape index (κ3) is 3.60. The molecule has 0 nitrogen and oxygen atoms in total. The van der Waals surface area contributed by atoms with E-state index in [1.54, 1.807) is 0 Å². The molecule has 0 amide bonds. The average Bonchev–Trinajstić information content (AvgIpc) is 2.70. The van der Waals surface area contributed by atoms with Gasteiger partial charge in [-0.1, -0.05) is 104 Å². The summed E-state index contributed by atoms with van der Waals surface area (Å²) in [4.78, 5) is 0. The number of hydrogen-bond donors (Lipinski definition) is 0. The van der Waals surface area contributed by atoms with Crippen LogP contribution in [0.1, 0.15) is 41.7 Å². The highest BCUT2D eigenvalue weighted by Crippen LogP contribution is 2.34. The van der Waals surface area contributed by atoms with Crippen LogP contribution in [0, 0.1) is 0 Å². The Hall–Kier alpha value is -3.12. The number of benzene rings is 3. The van der Waals surface area contributed by atoms with E-state index in [0.717, 1.165) is 5.56 Å². The van der Waals surface area contributed by atoms with Crippen LogP contribution in [-0.2, 0) is 0 Å². The largest absolute Gasteiger partial charge is 0.0984 e. The number of hydrogen-bond acceptors (Lipinski definition) is 0. The molecule has 0 saturated heterocycles. The molecule has 3 aromatic carbocycles. The van der Waals surface area contributed by atoms with Crippen LogP contribution in [0.2, 0.25) is 0 Å². The van der Waals surface area contributed by atoms with E-state index in [2.05, 4.69) is 111 Å². The SMILES string of the molecule is C=Cc1cccc(C(C)=C(c2ccccc2)c2ccccc2)c1C=CC. The van der Waals surface area contributed by atoms with Crippen LogP contribution in [0.15, 0.2) is 91.5 Å². The first-order chi connectivity index (χ1) is 12.8. The Kier molecular flexibility index (Phi) is 5.66. The minimum atomic E-state index is 1.15. The van der Waals surface area contributed by atoms with Crippen molar-refractivity contribution in [2.24, 2.45) is 0 Å². The summed E-state index contributed by atoms with van der Waals surface area (Å²) in [5, 5.41) is 0. The maximum atomic E-state index is 3.99. The fraction of sp³-hybridized carbons (Fsp3) is 0.0769. The van der Waals surface area contributed by atoms with Crippen LogP contribution in [-0.4, -0.2) is 0 Å². The predicted octanol–water partition coefficient (Wildman–Crippen LogP) is 7.34. The summed E-state index contributed by atoms with van der Waals surface area (Å²) in [6.07, 6.45) is 6.18. The molecule has 0 fully saturated rings. The lowest BCUT2D eigenvalue weighted by atomic mass is 9.87. The lowest BCUT2D eigenvalue weighted by Gasteiger charge is -2.17. The first-order valence-corrected chi connectivity index (χ1v) is 8.96. The van der Waals surface area contributed by atoms with Gasteiger partial charge in [-0.25, -0.2) is 0 Å². The molecule has 0 aliphatic carbocycles.